The summed E-state index contributed by atoms with van der Waals surface area (Å²) in [4.78, 5) is 0. The van der Waals surface area contributed by atoms with E-state index >= 15 is 0 Å². The van der Waals surface area contributed by atoms with Crippen molar-refractivity contribution >= 4 is 0 Å². The topological polar surface area (TPSA) is 20.2 Å². The van der Waals surface area contributed by atoms with E-state index in [9.17, 15) is 5.11 Å². The van der Waals surface area contributed by atoms with Crippen LogP contribution >= 0.6 is 0 Å². The van der Waals surface area contributed by atoms with Gasteiger partial charge in [-0.15, -0.1) is 6.58 Å². The Kier molecular flexibility index (Phi) is 3.13. The molecule has 0 aromatic carbocycles. The Morgan fingerprint density at radius 3 is 2.64 bits per heavy atom. The number of aliphatic hydroxyl groups is 1. The molecule has 0 saturated heterocycles. The fourth-order valence-corrected chi connectivity index (χ4v) is 1.65. The highest BCUT2D eigenvalue weighted by molar-refractivity contribution is 4.83. The predicted octanol–water partition coefficient (Wildman–Crippen LogP) is 2.36. The van der Waals surface area contributed by atoms with Crippen LogP contribution in [0.25, 0.3) is 0 Å². The molecule has 0 heterocycles. The molecule has 1 saturated carbocycles. The van der Waals surface area contributed by atoms with E-state index in [0.717, 1.165) is 6.42 Å². The summed E-state index contributed by atoms with van der Waals surface area (Å²) < 4.78 is 0. The molecule has 1 heteroatoms. The lowest BCUT2D eigenvalue weighted by Gasteiger charge is -2.33. The summed E-state index contributed by atoms with van der Waals surface area (Å²) in [5.41, 5.74) is 0. The molecular formula is C10H18O. The van der Waals surface area contributed by atoms with Crippen LogP contribution < -0.4 is 0 Å². The van der Waals surface area contributed by atoms with Crippen LogP contribution in [-0.4, -0.2) is 11.2 Å². The molecule has 64 valence electrons. The van der Waals surface area contributed by atoms with Gasteiger partial charge in [-0.05, 0) is 31.1 Å². The zero-order valence-corrected chi connectivity index (χ0v) is 7.29. The molecule has 0 aromatic rings. The van der Waals surface area contributed by atoms with Crippen molar-refractivity contribution in [1.29, 1.82) is 0 Å². The first kappa shape index (κ1) is 8.79. The summed E-state index contributed by atoms with van der Waals surface area (Å²) in [6.45, 7) is 5.78. The van der Waals surface area contributed by atoms with Crippen molar-refractivity contribution in [3.05, 3.63) is 12.7 Å². The Bertz CT molecular complexity index is 127. The van der Waals surface area contributed by atoms with E-state index in [-0.39, 0.29) is 6.10 Å². The molecule has 11 heavy (non-hydrogen) atoms. The molecule has 2 atom stereocenters. The van der Waals surface area contributed by atoms with Crippen molar-refractivity contribution in [2.75, 3.05) is 0 Å². The maximum Gasteiger partial charge on any atom is 0.0596 e. The Morgan fingerprint density at radius 1 is 1.64 bits per heavy atom. The number of hydrogen-bond acceptors (Lipinski definition) is 1. The molecular weight excluding hydrogens is 136 g/mol. The van der Waals surface area contributed by atoms with Gasteiger partial charge in [-0.25, -0.2) is 0 Å². The molecule has 1 aliphatic rings. The van der Waals surface area contributed by atoms with Gasteiger partial charge in [-0.1, -0.05) is 19.4 Å². The Balaban J connectivity index is 2.26. The van der Waals surface area contributed by atoms with Gasteiger partial charge in [0.05, 0.1) is 6.10 Å². The largest absolute Gasteiger partial charge is 0.393 e. The third kappa shape index (κ3) is 2.06. The zero-order valence-electron chi connectivity index (χ0n) is 7.29. The Morgan fingerprint density at radius 2 is 2.27 bits per heavy atom. The SMILES string of the molecule is C=CC[C@@H](C)[C@H](O)C1CCC1. The van der Waals surface area contributed by atoms with Gasteiger partial charge in [0.25, 0.3) is 0 Å². The number of rotatable bonds is 4. The summed E-state index contributed by atoms with van der Waals surface area (Å²) in [6.07, 6.45) is 6.51. The highest BCUT2D eigenvalue weighted by Gasteiger charge is 2.28. The molecule has 1 rings (SSSR count). The molecule has 0 radical (unpaired) electrons. The van der Waals surface area contributed by atoms with Gasteiger partial charge in [0.1, 0.15) is 0 Å². The predicted molar refractivity (Wildman–Crippen MR) is 47.3 cm³/mol. The summed E-state index contributed by atoms with van der Waals surface area (Å²) in [5.74, 6) is 0.989. The maximum absolute atomic E-state index is 9.72. The monoisotopic (exact) mass is 154 g/mol. The molecule has 0 bridgehead atoms. The van der Waals surface area contributed by atoms with Crippen molar-refractivity contribution in [1.82, 2.24) is 0 Å². The summed E-state index contributed by atoms with van der Waals surface area (Å²) in [5, 5.41) is 9.72. The van der Waals surface area contributed by atoms with Gasteiger partial charge in [0.15, 0.2) is 0 Å². The molecule has 0 aliphatic heterocycles. The van der Waals surface area contributed by atoms with Gasteiger partial charge in [-0.3, -0.25) is 0 Å². The quantitative estimate of drug-likeness (QED) is 0.616. The van der Waals surface area contributed by atoms with Crippen LogP contribution in [0.15, 0.2) is 12.7 Å². The average molecular weight is 154 g/mol. The minimum absolute atomic E-state index is 0.0817. The fourth-order valence-electron chi connectivity index (χ4n) is 1.65. The molecule has 0 spiro atoms. The molecule has 1 aliphatic carbocycles. The number of allylic oxidation sites excluding steroid dienone is 1. The average Bonchev–Trinajstić information content (AvgIpc) is 1.84. The van der Waals surface area contributed by atoms with E-state index in [1.54, 1.807) is 0 Å². The van der Waals surface area contributed by atoms with Gasteiger partial charge in [0.2, 0.25) is 0 Å². The molecule has 1 nitrogen and oxygen atoms in total. The van der Waals surface area contributed by atoms with Crippen molar-refractivity contribution in [3.63, 3.8) is 0 Å². The summed E-state index contributed by atoms with van der Waals surface area (Å²) in [6, 6.07) is 0. The number of aliphatic hydroxyl groups excluding tert-OH is 1. The van der Waals surface area contributed by atoms with Crippen LogP contribution in [0.4, 0.5) is 0 Å². The molecule has 1 N–H and O–H groups in total. The van der Waals surface area contributed by atoms with E-state index in [4.69, 9.17) is 0 Å². The minimum Gasteiger partial charge on any atom is -0.393 e. The van der Waals surface area contributed by atoms with E-state index in [1.165, 1.54) is 19.3 Å². The first-order valence-electron chi connectivity index (χ1n) is 4.54. The van der Waals surface area contributed by atoms with Crippen LogP contribution in [0.2, 0.25) is 0 Å². The second-order valence-corrected chi connectivity index (χ2v) is 3.68. The van der Waals surface area contributed by atoms with Crippen LogP contribution in [0, 0.1) is 11.8 Å². The number of hydrogen-bond donors (Lipinski definition) is 1. The Labute approximate surface area is 69.1 Å². The second kappa shape index (κ2) is 3.91. The lowest BCUT2D eigenvalue weighted by molar-refractivity contribution is 0.0218. The second-order valence-electron chi connectivity index (χ2n) is 3.68. The smallest absolute Gasteiger partial charge is 0.0596 e. The van der Waals surface area contributed by atoms with Gasteiger partial charge < -0.3 is 5.11 Å². The molecule has 0 amide bonds. The highest BCUT2D eigenvalue weighted by atomic mass is 16.3. The minimum atomic E-state index is -0.0817. The maximum atomic E-state index is 9.72. The third-order valence-electron chi connectivity index (χ3n) is 2.75. The lowest BCUT2D eigenvalue weighted by Crippen LogP contribution is -2.31. The first-order valence-corrected chi connectivity index (χ1v) is 4.54. The summed E-state index contributed by atoms with van der Waals surface area (Å²) in [7, 11) is 0. The van der Waals surface area contributed by atoms with Crippen LogP contribution in [-0.2, 0) is 0 Å². The normalized spacial score (nSPS) is 23.8. The molecule has 0 unspecified atom stereocenters. The van der Waals surface area contributed by atoms with Gasteiger partial charge >= 0.3 is 0 Å². The fraction of sp³-hybridized carbons (Fsp3) is 0.800. The van der Waals surface area contributed by atoms with Crippen molar-refractivity contribution in [3.8, 4) is 0 Å². The van der Waals surface area contributed by atoms with E-state index < -0.39 is 0 Å². The van der Waals surface area contributed by atoms with E-state index in [2.05, 4.69) is 13.5 Å². The van der Waals surface area contributed by atoms with E-state index in [1.807, 2.05) is 6.08 Å². The van der Waals surface area contributed by atoms with Crippen molar-refractivity contribution < 1.29 is 5.11 Å². The van der Waals surface area contributed by atoms with E-state index in [0.29, 0.717) is 11.8 Å². The molecule has 0 aromatic heterocycles. The van der Waals surface area contributed by atoms with Crippen LogP contribution in [0.5, 0.6) is 0 Å². The van der Waals surface area contributed by atoms with Gasteiger partial charge in [-0.2, -0.15) is 0 Å². The van der Waals surface area contributed by atoms with Crippen molar-refractivity contribution in [2.45, 2.75) is 38.7 Å². The van der Waals surface area contributed by atoms with Crippen molar-refractivity contribution in [2.24, 2.45) is 11.8 Å². The van der Waals surface area contributed by atoms with Gasteiger partial charge in [0, 0.05) is 0 Å². The third-order valence-corrected chi connectivity index (χ3v) is 2.75. The lowest BCUT2D eigenvalue weighted by atomic mass is 9.76. The summed E-state index contributed by atoms with van der Waals surface area (Å²) >= 11 is 0. The molecule has 1 fully saturated rings. The Hall–Kier alpha value is -0.300. The van der Waals surface area contributed by atoms with Crippen LogP contribution in [0.1, 0.15) is 32.6 Å². The van der Waals surface area contributed by atoms with Crippen LogP contribution in [0.3, 0.4) is 0 Å². The standard InChI is InChI=1S/C10H18O/c1-3-5-8(2)10(11)9-6-4-7-9/h3,8-11H,1,4-7H2,2H3/t8-,10+/m1/s1. The first-order chi connectivity index (χ1) is 5.25. The highest BCUT2D eigenvalue weighted by Crippen LogP contribution is 2.33. The zero-order chi connectivity index (χ0) is 8.27.